The van der Waals surface area contributed by atoms with Crippen molar-refractivity contribution >= 4 is 11.4 Å². The molecule has 0 unspecified atom stereocenters. The zero-order valence-corrected chi connectivity index (χ0v) is 9.11. The van der Waals surface area contributed by atoms with Gasteiger partial charge in [-0.15, -0.1) is 0 Å². The second kappa shape index (κ2) is 4.82. The molecule has 0 bridgehead atoms. The number of nitrogens with zero attached hydrogens (tertiary/aromatic N) is 1. The van der Waals surface area contributed by atoms with Gasteiger partial charge >= 0.3 is 0 Å². The summed E-state index contributed by atoms with van der Waals surface area (Å²) in [5.74, 6) is -1.97. The van der Waals surface area contributed by atoms with E-state index in [-0.39, 0.29) is 12.2 Å². The van der Waals surface area contributed by atoms with E-state index >= 15 is 0 Å². The van der Waals surface area contributed by atoms with Crippen LogP contribution in [0, 0.1) is 21.7 Å². The van der Waals surface area contributed by atoms with Gasteiger partial charge in [0.1, 0.15) is 11.5 Å². The summed E-state index contributed by atoms with van der Waals surface area (Å²) in [6.45, 7) is 0.177. The number of aromatic amines is 1. The van der Waals surface area contributed by atoms with Gasteiger partial charge in [0.25, 0.3) is 5.69 Å². The Kier molecular flexibility index (Phi) is 3.22. The Morgan fingerprint density at radius 2 is 2.17 bits per heavy atom. The lowest BCUT2D eigenvalue weighted by Gasteiger charge is -2.07. The van der Waals surface area contributed by atoms with Crippen molar-refractivity contribution in [1.29, 1.82) is 0 Å². The molecule has 1 aromatic carbocycles. The molecule has 2 aromatic rings. The largest absolute Gasteiger partial charge is 0.372 e. The number of rotatable bonds is 4. The maximum atomic E-state index is 13.5. The van der Waals surface area contributed by atoms with E-state index in [4.69, 9.17) is 0 Å². The first-order chi connectivity index (χ1) is 8.58. The van der Waals surface area contributed by atoms with Crippen molar-refractivity contribution < 1.29 is 13.7 Å². The number of nitro benzene ring substituents is 1. The highest BCUT2D eigenvalue weighted by atomic mass is 19.1. The van der Waals surface area contributed by atoms with Gasteiger partial charge in [-0.1, -0.05) is 0 Å². The van der Waals surface area contributed by atoms with Crippen molar-refractivity contribution in [1.82, 2.24) is 4.98 Å². The highest BCUT2D eigenvalue weighted by molar-refractivity contribution is 5.62. The van der Waals surface area contributed by atoms with Crippen molar-refractivity contribution in [2.75, 3.05) is 5.32 Å². The Bertz CT molecular complexity index is 570. The molecule has 0 fully saturated rings. The Hall–Kier alpha value is -2.44. The van der Waals surface area contributed by atoms with Crippen molar-refractivity contribution in [2.24, 2.45) is 0 Å². The zero-order valence-electron chi connectivity index (χ0n) is 9.11. The SMILES string of the molecule is O=[N+]([O-])c1cc(F)cc(F)c1NCc1ccc[nH]1. The average Bonchev–Trinajstić information content (AvgIpc) is 2.79. The summed E-state index contributed by atoms with van der Waals surface area (Å²) >= 11 is 0. The lowest BCUT2D eigenvalue weighted by atomic mass is 10.2. The summed E-state index contributed by atoms with van der Waals surface area (Å²) < 4.78 is 26.4. The molecule has 0 aliphatic heterocycles. The third kappa shape index (κ3) is 2.45. The topological polar surface area (TPSA) is 71.0 Å². The smallest absolute Gasteiger partial charge is 0.298 e. The first kappa shape index (κ1) is 12.0. The number of halogens is 2. The average molecular weight is 253 g/mol. The van der Waals surface area contributed by atoms with Crippen LogP contribution < -0.4 is 5.32 Å². The minimum Gasteiger partial charge on any atom is -0.372 e. The van der Waals surface area contributed by atoms with Gasteiger partial charge in [-0.2, -0.15) is 0 Å². The quantitative estimate of drug-likeness (QED) is 0.650. The summed E-state index contributed by atoms with van der Waals surface area (Å²) in [6.07, 6.45) is 1.67. The van der Waals surface area contributed by atoms with Gasteiger partial charge < -0.3 is 10.3 Å². The Morgan fingerprint density at radius 3 is 2.78 bits per heavy atom. The molecule has 0 saturated heterocycles. The molecule has 18 heavy (non-hydrogen) atoms. The van der Waals surface area contributed by atoms with Crippen LogP contribution in [0.15, 0.2) is 30.5 Å². The lowest BCUT2D eigenvalue weighted by molar-refractivity contribution is -0.384. The second-order valence-corrected chi connectivity index (χ2v) is 3.59. The fraction of sp³-hybridized carbons (Fsp3) is 0.0909. The molecule has 5 nitrogen and oxygen atoms in total. The van der Waals surface area contributed by atoms with Gasteiger partial charge in [-0.05, 0) is 12.1 Å². The van der Waals surface area contributed by atoms with Gasteiger partial charge in [0.05, 0.1) is 17.5 Å². The Balaban J connectivity index is 2.28. The normalized spacial score (nSPS) is 10.3. The van der Waals surface area contributed by atoms with Gasteiger partial charge in [0.2, 0.25) is 0 Å². The Morgan fingerprint density at radius 1 is 1.39 bits per heavy atom. The van der Waals surface area contributed by atoms with Crippen LogP contribution in [0.25, 0.3) is 0 Å². The molecule has 1 aromatic heterocycles. The number of H-pyrrole nitrogens is 1. The van der Waals surface area contributed by atoms with Crippen LogP contribution in [0.4, 0.5) is 20.2 Å². The van der Waals surface area contributed by atoms with Gasteiger partial charge in [0, 0.05) is 18.0 Å². The number of benzene rings is 1. The molecule has 1 heterocycles. The van der Waals surface area contributed by atoms with E-state index in [0.717, 1.165) is 5.69 Å². The number of hydrogen-bond acceptors (Lipinski definition) is 3. The lowest BCUT2D eigenvalue weighted by Crippen LogP contribution is -2.05. The molecule has 94 valence electrons. The van der Waals surface area contributed by atoms with Crippen molar-refractivity contribution in [3.8, 4) is 0 Å². The molecule has 2 rings (SSSR count). The minimum absolute atomic E-state index is 0.177. The third-order valence-corrected chi connectivity index (χ3v) is 2.35. The summed E-state index contributed by atoms with van der Waals surface area (Å²) in [5.41, 5.74) is -0.219. The molecular weight excluding hydrogens is 244 g/mol. The van der Waals surface area contributed by atoms with Crippen LogP contribution in [0.3, 0.4) is 0 Å². The van der Waals surface area contributed by atoms with Gasteiger partial charge in [0.15, 0.2) is 5.82 Å². The molecular formula is C11H9F2N3O2. The van der Waals surface area contributed by atoms with Crippen molar-refractivity contribution in [3.63, 3.8) is 0 Å². The van der Waals surface area contributed by atoms with Crippen LogP contribution >= 0.6 is 0 Å². The van der Waals surface area contributed by atoms with Gasteiger partial charge in [-0.3, -0.25) is 10.1 Å². The third-order valence-electron chi connectivity index (χ3n) is 2.35. The van der Waals surface area contributed by atoms with Crippen LogP contribution in [-0.4, -0.2) is 9.91 Å². The van der Waals surface area contributed by atoms with E-state index in [0.29, 0.717) is 12.1 Å². The highest BCUT2D eigenvalue weighted by Crippen LogP contribution is 2.28. The van der Waals surface area contributed by atoms with E-state index < -0.39 is 22.2 Å². The maximum absolute atomic E-state index is 13.5. The number of anilines is 1. The number of nitro groups is 1. The molecule has 0 saturated carbocycles. The monoisotopic (exact) mass is 253 g/mol. The zero-order chi connectivity index (χ0) is 13.1. The van der Waals surface area contributed by atoms with Crippen molar-refractivity contribution in [2.45, 2.75) is 6.54 Å². The fourth-order valence-electron chi connectivity index (χ4n) is 1.54. The predicted octanol–water partition coefficient (Wildman–Crippen LogP) is 2.81. The summed E-state index contributed by atoms with van der Waals surface area (Å²) in [5, 5.41) is 13.3. The van der Waals surface area contributed by atoms with Crippen LogP contribution in [-0.2, 0) is 6.54 Å². The molecule has 0 spiro atoms. The first-order valence-corrected chi connectivity index (χ1v) is 5.07. The summed E-state index contributed by atoms with van der Waals surface area (Å²) in [6, 6.07) is 4.76. The van der Waals surface area contributed by atoms with Gasteiger partial charge in [-0.25, -0.2) is 8.78 Å². The standard InChI is InChI=1S/C11H9F2N3O2/c12-7-4-9(13)11(10(5-7)16(17)18)15-6-8-2-1-3-14-8/h1-5,14-15H,6H2. The van der Waals surface area contributed by atoms with E-state index in [1.165, 1.54) is 0 Å². The Labute approximate surface area is 101 Å². The molecule has 0 aliphatic rings. The molecule has 0 radical (unpaired) electrons. The molecule has 0 aliphatic carbocycles. The number of nitrogens with one attached hydrogen (secondary N) is 2. The van der Waals surface area contributed by atoms with E-state index in [2.05, 4.69) is 10.3 Å². The summed E-state index contributed by atoms with van der Waals surface area (Å²) in [4.78, 5) is 12.7. The van der Waals surface area contributed by atoms with Crippen LogP contribution in [0.5, 0.6) is 0 Å². The predicted molar refractivity (Wildman–Crippen MR) is 61.1 cm³/mol. The minimum atomic E-state index is -0.992. The second-order valence-electron chi connectivity index (χ2n) is 3.59. The van der Waals surface area contributed by atoms with E-state index in [9.17, 15) is 18.9 Å². The first-order valence-electron chi connectivity index (χ1n) is 5.07. The number of hydrogen-bond donors (Lipinski definition) is 2. The fourth-order valence-corrected chi connectivity index (χ4v) is 1.54. The van der Waals surface area contributed by atoms with E-state index in [1.54, 1.807) is 18.3 Å². The molecule has 0 atom stereocenters. The molecule has 2 N–H and O–H groups in total. The molecule has 7 heteroatoms. The van der Waals surface area contributed by atoms with Crippen LogP contribution in [0.1, 0.15) is 5.69 Å². The maximum Gasteiger partial charge on any atom is 0.298 e. The summed E-state index contributed by atoms with van der Waals surface area (Å²) in [7, 11) is 0. The van der Waals surface area contributed by atoms with Crippen LogP contribution in [0.2, 0.25) is 0 Å². The molecule has 0 amide bonds. The van der Waals surface area contributed by atoms with Crippen molar-refractivity contribution in [3.05, 3.63) is 57.9 Å². The highest BCUT2D eigenvalue weighted by Gasteiger charge is 2.20. The number of aromatic nitrogens is 1. The van der Waals surface area contributed by atoms with E-state index in [1.807, 2.05) is 0 Å².